The maximum Gasteiger partial charge on any atom is 0.335 e. The Kier molecular flexibility index (Phi) is 7.12. The summed E-state index contributed by atoms with van der Waals surface area (Å²) in [6.45, 7) is 0. The number of hydrogen-bond donors (Lipinski definition) is 4. The molecule has 2 aliphatic heterocycles. The summed E-state index contributed by atoms with van der Waals surface area (Å²) in [4.78, 5) is 31.7. The van der Waals surface area contributed by atoms with Crippen molar-refractivity contribution in [3.05, 3.63) is 35.9 Å². The number of carbonyl (C=O) groups is 3. The molecule has 2 aliphatic rings. The molecule has 0 bridgehead atoms. The van der Waals surface area contributed by atoms with Crippen LogP contribution in [0.1, 0.15) is 36.0 Å². The Balaban J connectivity index is 0.000000212. The lowest BCUT2D eigenvalue weighted by Gasteiger charge is -2.16. The Bertz CT molecular complexity index is 610. The van der Waals surface area contributed by atoms with Gasteiger partial charge in [0, 0.05) is 17.4 Å². The normalized spacial score (nSPS) is 23.7. The molecular formula is C17H22N2O5S. The first-order valence-electron chi connectivity index (χ1n) is 8.16. The van der Waals surface area contributed by atoms with Gasteiger partial charge in [-0.05, 0) is 25.0 Å². The van der Waals surface area contributed by atoms with Crippen molar-refractivity contribution >= 4 is 29.7 Å². The minimum atomic E-state index is -0.879. The third-order valence-corrected chi connectivity index (χ3v) is 5.60. The summed E-state index contributed by atoms with van der Waals surface area (Å²) >= 11 is 1.87. The molecule has 7 nitrogen and oxygen atoms in total. The predicted molar refractivity (Wildman–Crippen MR) is 95.0 cm³/mol. The van der Waals surface area contributed by atoms with Crippen molar-refractivity contribution in [2.75, 3.05) is 5.75 Å². The summed E-state index contributed by atoms with van der Waals surface area (Å²) in [5.74, 6) is -0.643. The molecule has 2 saturated heterocycles. The molecule has 4 N–H and O–H groups in total. The summed E-state index contributed by atoms with van der Waals surface area (Å²) in [6.07, 6.45) is 2.88. The van der Waals surface area contributed by atoms with Gasteiger partial charge in [-0.1, -0.05) is 24.6 Å². The van der Waals surface area contributed by atoms with Crippen LogP contribution >= 0.6 is 11.8 Å². The lowest BCUT2D eigenvalue weighted by molar-refractivity contribution is -0.137. The van der Waals surface area contributed by atoms with Crippen LogP contribution in [-0.4, -0.2) is 51.3 Å². The van der Waals surface area contributed by atoms with Crippen molar-refractivity contribution in [3.8, 4) is 0 Å². The number of thioether (sulfide) groups is 1. The Morgan fingerprint density at radius 2 is 1.84 bits per heavy atom. The first kappa shape index (κ1) is 19.1. The minimum Gasteiger partial charge on any atom is -0.481 e. The number of carbonyl (C=O) groups excluding carboxylic acids is 1. The lowest BCUT2D eigenvalue weighted by atomic mass is 10.0. The van der Waals surface area contributed by atoms with E-state index >= 15 is 0 Å². The molecule has 0 radical (unpaired) electrons. The number of aromatic carboxylic acids is 1. The number of carboxylic acid groups (broad SMARTS) is 2. The average Bonchev–Trinajstić information content (AvgIpc) is 3.12. The lowest BCUT2D eigenvalue weighted by Crippen LogP contribution is -2.36. The van der Waals surface area contributed by atoms with E-state index in [1.165, 1.54) is 0 Å². The fourth-order valence-electron chi connectivity index (χ4n) is 2.85. The Hall–Kier alpha value is -2.22. The quantitative estimate of drug-likeness (QED) is 0.453. The number of nitrogens with one attached hydrogen (secondary N) is 2. The largest absolute Gasteiger partial charge is 0.481 e. The van der Waals surface area contributed by atoms with Gasteiger partial charge >= 0.3 is 18.0 Å². The van der Waals surface area contributed by atoms with Gasteiger partial charge in [0.15, 0.2) is 0 Å². The first-order chi connectivity index (χ1) is 12.0. The van der Waals surface area contributed by atoms with Crippen molar-refractivity contribution in [1.29, 1.82) is 0 Å². The minimum absolute atomic E-state index is 0.0640. The van der Waals surface area contributed by atoms with Gasteiger partial charge in [-0.3, -0.25) is 4.79 Å². The number of fused-ring (bicyclic) bond motifs is 1. The Morgan fingerprint density at radius 3 is 2.44 bits per heavy atom. The van der Waals surface area contributed by atoms with E-state index in [2.05, 4.69) is 10.6 Å². The number of urea groups is 1. The SMILES string of the molecule is O=C(O)CCCC[C@@H]1SC[C@@H]2NC(=O)N[C@@H]21.O=C(O)c1ccccc1. The van der Waals surface area contributed by atoms with Crippen molar-refractivity contribution in [3.63, 3.8) is 0 Å². The molecule has 3 rings (SSSR count). The number of amides is 2. The molecule has 136 valence electrons. The van der Waals surface area contributed by atoms with Crippen LogP contribution in [0.15, 0.2) is 30.3 Å². The summed E-state index contributed by atoms with van der Waals surface area (Å²) in [5, 5.41) is 23.2. The fourth-order valence-corrected chi connectivity index (χ4v) is 4.39. The number of benzene rings is 1. The van der Waals surface area contributed by atoms with Crippen molar-refractivity contribution in [2.45, 2.75) is 43.0 Å². The number of hydrogen-bond acceptors (Lipinski definition) is 4. The van der Waals surface area contributed by atoms with E-state index in [-0.39, 0.29) is 24.5 Å². The maximum atomic E-state index is 11.1. The molecule has 2 fully saturated rings. The van der Waals surface area contributed by atoms with Gasteiger partial charge in [0.1, 0.15) is 0 Å². The number of carboxylic acids is 2. The second-order valence-electron chi connectivity index (χ2n) is 5.93. The van der Waals surface area contributed by atoms with Crippen molar-refractivity contribution in [1.82, 2.24) is 10.6 Å². The highest BCUT2D eigenvalue weighted by Gasteiger charge is 2.42. The molecule has 25 heavy (non-hydrogen) atoms. The third kappa shape index (κ3) is 5.97. The summed E-state index contributed by atoms with van der Waals surface area (Å²) < 4.78 is 0. The molecule has 3 atom stereocenters. The number of unbranched alkanes of at least 4 members (excludes halogenated alkanes) is 1. The predicted octanol–water partition coefficient (Wildman–Crippen LogP) is 2.18. The molecule has 0 aromatic heterocycles. The molecule has 0 spiro atoms. The second kappa shape index (κ2) is 9.31. The molecular weight excluding hydrogens is 344 g/mol. The smallest absolute Gasteiger partial charge is 0.335 e. The van der Waals surface area contributed by atoms with Crippen LogP contribution in [0.4, 0.5) is 4.79 Å². The average molecular weight is 366 g/mol. The molecule has 2 heterocycles. The zero-order valence-corrected chi connectivity index (χ0v) is 14.5. The van der Waals surface area contributed by atoms with Gasteiger partial charge in [-0.25, -0.2) is 9.59 Å². The van der Waals surface area contributed by atoms with Gasteiger partial charge in [0.05, 0.1) is 17.6 Å². The zero-order chi connectivity index (χ0) is 18.2. The maximum absolute atomic E-state index is 11.1. The van der Waals surface area contributed by atoms with Crippen LogP contribution in [0.2, 0.25) is 0 Å². The number of rotatable bonds is 6. The van der Waals surface area contributed by atoms with Gasteiger partial charge in [-0.2, -0.15) is 11.8 Å². The highest BCUT2D eigenvalue weighted by molar-refractivity contribution is 8.00. The van der Waals surface area contributed by atoms with E-state index < -0.39 is 11.9 Å². The standard InChI is InChI=1S/C10H16N2O3S.C7H6O2/c13-8(14)4-2-1-3-7-9-6(5-16-7)11-10(15)12-9;8-7(9)6-4-2-1-3-5-6/h6-7,9H,1-5H2,(H,13,14)(H2,11,12,15);1-5H,(H,8,9)/t6-,7-,9-;/m0./s1. The van der Waals surface area contributed by atoms with Crippen molar-refractivity contribution in [2.24, 2.45) is 0 Å². The van der Waals surface area contributed by atoms with Crippen LogP contribution < -0.4 is 10.6 Å². The summed E-state index contributed by atoms with van der Waals surface area (Å²) in [5.41, 5.74) is 0.331. The molecule has 0 unspecified atom stereocenters. The molecule has 8 heteroatoms. The van der Waals surface area contributed by atoms with Gasteiger partial charge < -0.3 is 20.8 Å². The Labute approximate surface area is 150 Å². The van der Waals surface area contributed by atoms with E-state index in [1.54, 1.807) is 30.3 Å². The van der Waals surface area contributed by atoms with E-state index in [0.29, 0.717) is 10.8 Å². The van der Waals surface area contributed by atoms with Gasteiger partial charge in [0.25, 0.3) is 0 Å². The third-order valence-electron chi connectivity index (χ3n) is 4.09. The number of aliphatic carboxylic acids is 1. The highest BCUT2D eigenvalue weighted by atomic mass is 32.2. The zero-order valence-electron chi connectivity index (χ0n) is 13.7. The molecule has 0 saturated carbocycles. The highest BCUT2D eigenvalue weighted by Crippen LogP contribution is 2.33. The fraction of sp³-hybridized carbons (Fsp3) is 0.471. The van der Waals surface area contributed by atoms with Gasteiger partial charge in [0.2, 0.25) is 0 Å². The van der Waals surface area contributed by atoms with Crippen molar-refractivity contribution < 1.29 is 24.6 Å². The van der Waals surface area contributed by atoms with Crippen LogP contribution in [0, 0.1) is 0 Å². The summed E-state index contributed by atoms with van der Waals surface area (Å²) in [6, 6.07) is 8.74. The van der Waals surface area contributed by atoms with E-state index in [0.717, 1.165) is 25.0 Å². The molecule has 0 aliphatic carbocycles. The van der Waals surface area contributed by atoms with Crippen LogP contribution in [-0.2, 0) is 4.79 Å². The first-order valence-corrected chi connectivity index (χ1v) is 9.21. The summed E-state index contributed by atoms with van der Waals surface area (Å²) in [7, 11) is 0. The van der Waals surface area contributed by atoms with E-state index in [1.807, 2.05) is 11.8 Å². The Morgan fingerprint density at radius 1 is 1.12 bits per heavy atom. The monoisotopic (exact) mass is 366 g/mol. The topological polar surface area (TPSA) is 116 Å². The van der Waals surface area contributed by atoms with Gasteiger partial charge in [-0.15, -0.1) is 0 Å². The van der Waals surface area contributed by atoms with E-state index in [9.17, 15) is 14.4 Å². The van der Waals surface area contributed by atoms with Crippen LogP contribution in [0.5, 0.6) is 0 Å². The molecule has 2 amide bonds. The van der Waals surface area contributed by atoms with Crippen LogP contribution in [0.25, 0.3) is 0 Å². The van der Waals surface area contributed by atoms with Crippen LogP contribution in [0.3, 0.4) is 0 Å². The molecule has 1 aromatic carbocycles. The molecule has 1 aromatic rings. The second-order valence-corrected chi connectivity index (χ2v) is 7.20. The van der Waals surface area contributed by atoms with E-state index in [4.69, 9.17) is 10.2 Å².